The average molecular weight is 490 g/mol. The Morgan fingerprint density at radius 2 is 1.43 bits per heavy atom. The highest BCUT2D eigenvalue weighted by molar-refractivity contribution is 7.88. The number of imide groups is 1. The fraction of sp³-hybridized carbons (Fsp3) is 0.115. The lowest BCUT2D eigenvalue weighted by Crippen LogP contribution is -2.29. The van der Waals surface area contributed by atoms with Crippen LogP contribution in [0.1, 0.15) is 42.2 Å². The number of carbonyl (C=O) groups excluding carboxylic acids is 3. The van der Waals surface area contributed by atoms with Gasteiger partial charge in [-0.2, -0.15) is 0 Å². The van der Waals surface area contributed by atoms with E-state index in [2.05, 4.69) is 16.6 Å². The van der Waals surface area contributed by atoms with Crippen LogP contribution in [-0.2, 0) is 22.3 Å². The van der Waals surface area contributed by atoms with Crippen molar-refractivity contribution in [1.82, 2.24) is 9.62 Å². The molecule has 9 heteroatoms. The van der Waals surface area contributed by atoms with E-state index in [9.17, 15) is 22.8 Å². The molecule has 2 N–H and O–H groups in total. The summed E-state index contributed by atoms with van der Waals surface area (Å²) in [6.07, 6.45) is 1.47. The van der Waals surface area contributed by atoms with Gasteiger partial charge in [0.15, 0.2) is 0 Å². The topological polar surface area (TPSA) is 113 Å². The van der Waals surface area contributed by atoms with Crippen LogP contribution in [0, 0.1) is 0 Å². The van der Waals surface area contributed by atoms with Crippen LogP contribution in [0.25, 0.3) is 0 Å². The zero-order valence-electron chi connectivity index (χ0n) is 18.7. The number of amides is 3. The maximum Gasteiger partial charge on any atom is 0.261 e. The van der Waals surface area contributed by atoms with Gasteiger partial charge in [-0.1, -0.05) is 42.5 Å². The molecule has 0 saturated carbocycles. The fourth-order valence-corrected chi connectivity index (χ4v) is 4.78. The monoisotopic (exact) mass is 489 g/mol. The Kier molecular flexibility index (Phi) is 6.90. The Morgan fingerprint density at radius 1 is 0.857 bits per heavy atom. The Hall–Kier alpha value is -4.08. The lowest BCUT2D eigenvalue weighted by Gasteiger charge is -2.14. The van der Waals surface area contributed by atoms with Crippen molar-refractivity contribution in [2.75, 3.05) is 11.9 Å². The molecule has 1 aliphatic rings. The van der Waals surface area contributed by atoms with Gasteiger partial charge < -0.3 is 5.32 Å². The minimum absolute atomic E-state index is 0.111. The largest absolute Gasteiger partial charge is 0.322 e. The number of nitrogens with one attached hydrogen (secondary N) is 2. The van der Waals surface area contributed by atoms with E-state index in [1.165, 1.54) is 11.0 Å². The molecule has 3 amide bonds. The summed E-state index contributed by atoms with van der Waals surface area (Å²) >= 11 is 0. The summed E-state index contributed by atoms with van der Waals surface area (Å²) in [4.78, 5) is 38.9. The molecule has 0 radical (unpaired) electrons. The number of rotatable bonds is 9. The molecule has 1 heterocycles. The standard InChI is InChI=1S/C26H23N3O5S/c1-2-15-27-35(33,34)17-19-9-13-21(14-10-19)28-24(30)20-11-7-18(8-12-20)16-29-25(31)22-5-3-4-6-23(22)26(29)32/h2-14,27H,1,15-17H2,(H,28,30). The minimum Gasteiger partial charge on any atom is -0.322 e. The average Bonchev–Trinajstić information content (AvgIpc) is 3.09. The highest BCUT2D eigenvalue weighted by atomic mass is 32.2. The summed E-state index contributed by atoms with van der Waals surface area (Å²) in [7, 11) is -3.47. The number of carbonyl (C=O) groups is 3. The smallest absolute Gasteiger partial charge is 0.261 e. The number of hydrogen-bond donors (Lipinski definition) is 2. The first kappa shape index (κ1) is 24.1. The number of fused-ring (bicyclic) bond motifs is 1. The van der Waals surface area contributed by atoms with E-state index >= 15 is 0 Å². The molecule has 1 aliphatic heterocycles. The van der Waals surface area contributed by atoms with Gasteiger partial charge in [-0.25, -0.2) is 13.1 Å². The van der Waals surface area contributed by atoms with Crippen LogP contribution in [0.2, 0.25) is 0 Å². The van der Waals surface area contributed by atoms with Crippen molar-refractivity contribution in [1.29, 1.82) is 0 Å². The van der Waals surface area contributed by atoms with Gasteiger partial charge in [-0.3, -0.25) is 19.3 Å². The van der Waals surface area contributed by atoms with E-state index in [0.717, 1.165) is 0 Å². The van der Waals surface area contributed by atoms with Crippen molar-refractivity contribution in [3.05, 3.63) is 113 Å². The fourth-order valence-electron chi connectivity index (χ4n) is 3.67. The van der Waals surface area contributed by atoms with Crippen LogP contribution in [-0.4, -0.2) is 37.6 Å². The molecule has 0 aromatic heterocycles. The number of sulfonamides is 1. The molecule has 8 nitrogen and oxygen atoms in total. The van der Waals surface area contributed by atoms with Crippen LogP contribution < -0.4 is 10.0 Å². The van der Waals surface area contributed by atoms with Crippen LogP contribution in [0.3, 0.4) is 0 Å². The molecule has 35 heavy (non-hydrogen) atoms. The highest BCUT2D eigenvalue weighted by Gasteiger charge is 2.34. The summed E-state index contributed by atoms with van der Waals surface area (Å²) in [5.74, 6) is -1.19. The number of hydrogen-bond acceptors (Lipinski definition) is 5. The molecule has 3 aromatic carbocycles. The second-order valence-corrected chi connectivity index (χ2v) is 9.79. The highest BCUT2D eigenvalue weighted by Crippen LogP contribution is 2.24. The van der Waals surface area contributed by atoms with Crippen LogP contribution in [0.5, 0.6) is 0 Å². The first-order valence-electron chi connectivity index (χ1n) is 10.8. The first-order chi connectivity index (χ1) is 16.8. The summed E-state index contributed by atoms with van der Waals surface area (Å²) in [6.45, 7) is 3.75. The molecule has 0 atom stereocenters. The van der Waals surface area contributed by atoms with Gasteiger partial charge in [-0.05, 0) is 47.5 Å². The Labute approximate surface area is 203 Å². The molecule has 0 bridgehead atoms. The van der Waals surface area contributed by atoms with Crippen LogP contribution >= 0.6 is 0 Å². The Morgan fingerprint density at radius 3 is 2.00 bits per heavy atom. The predicted octanol–water partition coefficient (Wildman–Crippen LogP) is 3.34. The molecule has 0 spiro atoms. The van der Waals surface area contributed by atoms with E-state index in [0.29, 0.717) is 33.5 Å². The van der Waals surface area contributed by atoms with Crippen molar-refractivity contribution in [3.8, 4) is 0 Å². The van der Waals surface area contributed by atoms with Crippen molar-refractivity contribution < 1.29 is 22.8 Å². The minimum atomic E-state index is -3.47. The molecule has 4 rings (SSSR count). The molecular weight excluding hydrogens is 466 g/mol. The molecule has 178 valence electrons. The number of benzene rings is 3. The van der Waals surface area contributed by atoms with E-state index in [1.54, 1.807) is 72.8 Å². The molecule has 3 aromatic rings. The third kappa shape index (κ3) is 5.53. The Balaban J connectivity index is 1.36. The number of nitrogens with zero attached hydrogens (tertiary/aromatic N) is 1. The van der Waals surface area contributed by atoms with Crippen molar-refractivity contribution >= 4 is 33.4 Å². The maximum atomic E-state index is 12.6. The van der Waals surface area contributed by atoms with Gasteiger partial charge in [0.1, 0.15) is 0 Å². The SMILES string of the molecule is C=CCNS(=O)(=O)Cc1ccc(NC(=O)c2ccc(CN3C(=O)c4ccccc4C3=O)cc2)cc1. The van der Waals surface area contributed by atoms with Crippen LogP contribution in [0.15, 0.2) is 85.5 Å². The molecular formula is C26H23N3O5S. The quantitative estimate of drug-likeness (QED) is 0.354. The molecule has 0 unspecified atom stereocenters. The molecule has 0 fully saturated rings. The number of anilines is 1. The summed E-state index contributed by atoms with van der Waals surface area (Å²) in [5, 5.41) is 2.77. The first-order valence-corrected chi connectivity index (χ1v) is 12.5. The lowest BCUT2D eigenvalue weighted by molar-refractivity contribution is 0.0642. The third-order valence-electron chi connectivity index (χ3n) is 5.45. The normalized spacial score (nSPS) is 13.0. The zero-order valence-corrected chi connectivity index (χ0v) is 19.5. The molecule has 0 saturated heterocycles. The van der Waals surface area contributed by atoms with E-state index in [1.807, 2.05) is 0 Å². The van der Waals surface area contributed by atoms with E-state index in [-0.39, 0.29) is 36.6 Å². The van der Waals surface area contributed by atoms with Gasteiger partial charge >= 0.3 is 0 Å². The van der Waals surface area contributed by atoms with Gasteiger partial charge in [0.25, 0.3) is 17.7 Å². The second-order valence-electron chi connectivity index (χ2n) is 7.99. The van der Waals surface area contributed by atoms with E-state index in [4.69, 9.17) is 0 Å². The van der Waals surface area contributed by atoms with Gasteiger partial charge in [0.05, 0.1) is 23.4 Å². The summed E-state index contributed by atoms with van der Waals surface area (Å²) in [6, 6.07) is 19.9. The lowest BCUT2D eigenvalue weighted by atomic mass is 10.1. The summed E-state index contributed by atoms with van der Waals surface area (Å²) < 4.78 is 26.3. The van der Waals surface area contributed by atoms with Crippen molar-refractivity contribution in [3.63, 3.8) is 0 Å². The third-order valence-corrected chi connectivity index (χ3v) is 6.77. The maximum absolute atomic E-state index is 12.6. The summed E-state index contributed by atoms with van der Waals surface area (Å²) in [5.41, 5.74) is 3.00. The zero-order chi connectivity index (χ0) is 25.0. The Bertz CT molecular complexity index is 1360. The van der Waals surface area contributed by atoms with Gasteiger partial charge in [-0.15, -0.1) is 6.58 Å². The van der Waals surface area contributed by atoms with Crippen molar-refractivity contribution in [2.45, 2.75) is 12.3 Å². The second kappa shape index (κ2) is 10.0. The predicted molar refractivity (Wildman–Crippen MR) is 132 cm³/mol. The van der Waals surface area contributed by atoms with Gasteiger partial charge in [0, 0.05) is 17.8 Å². The molecule has 0 aliphatic carbocycles. The van der Waals surface area contributed by atoms with E-state index < -0.39 is 10.0 Å². The van der Waals surface area contributed by atoms with Crippen LogP contribution in [0.4, 0.5) is 5.69 Å². The van der Waals surface area contributed by atoms with Gasteiger partial charge in [0.2, 0.25) is 10.0 Å². The van der Waals surface area contributed by atoms with Crippen molar-refractivity contribution in [2.24, 2.45) is 0 Å².